The minimum Gasteiger partial charge on any atom is -0.452 e. The summed E-state index contributed by atoms with van der Waals surface area (Å²) in [5.41, 5.74) is 1.20. The van der Waals surface area contributed by atoms with Crippen LogP contribution in [0.15, 0.2) is 54.6 Å². The van der Waals surface area contributed by atoms with Gasteiger partial charge in [0.2, 0.25) is 0 Å². The van der Waals surface area contributed by atoms with Crippen molar-refractivity contribution in [3.63, 3.8) is 0 Å². The van der Waals surface area contributed by atoms with E-state index in [2.05, 4.69) is 17.6 Å². The maximum absolute atomic E-state index is 12.4. The molecule has 2 aromatic rings. The Morgan fingerprint density at radius 1 is 0.871 bits per heavy atom. The number of hydrogen-bond acceptors (Lipinski definition) is 5. The van der Waals surface area contributed by atoms with Crippen molar-refractivity contribution in [2.24, 2.45) is 5.92 Å². The molecule has 1 fully saturated rings. The van der Waals surface area contributed by atoms with Gasteiger partial charge in [-0.25, -0.2) is 9.59 Å². The van der Waals surface area contributed by atoms with Gasteiger partial charge in [-0.3, -0.25) is 14.9 Å². The number of nitrogens with one attached hydrogen (secondary N) is 2. The molecule has 0 heterocycles. The average molecular weight is 422 g/mol. The Kier molecular flexibility index (Phi) is 7.54. The van der Waals surface area contributed by atoms with Crippen molar-refractivity contribution in [2.75, 3.05) is 6.61 Å². The summed E-state index contributed by atoms with van der Waals surface area (Å²) in [6.45, 7) is 1.50. The molecule has 7 nitrogen and oxygen atoms in total. The highest BCUT2D eigenvalue weighted by atomic mass is 16.5. The van der Waals surface area contributed by atoms with E-state index < -0.39 is 24.5 Å². The average Bonchev–Trinajstić information content (AvgIpc) is 2.79. The molecule has 0 unspecified atom stereocenters. The first-order chi connectivity index (χ1) is 14.9. The van der Waals surface area contributed by atoms with Gasteiger partial charge in [-0.2, -0.15) is 0 Å². The second kappa shape index (κ2) is 10.5. The zero-order valence-corrected chi connectivity index (χ0v) is 17.4. The molecule has 0 spiro atoms. The van der Waals surface area contributed by atoms with E-state index in [1.54, 1.807) is 24.3 Å². The third-order valence-corrected chi connectivity index (χ3v) is 5.43. The quantitative estimate of drug-likeness (QED) is 0.548. The lowest BCUT2D eigenvalue weighted by molar-refractivity contribution is -0.123. The number of urea groups is 1. The Morgan fingerprint density at radius 2 is 1.48 bits per heavy atom. The molecular formula is C24H26N2O5. The SMILES string of the molecule is C[C@@H]1CCCC[C@H]1NC(=O)NC(=O)COC(=O)c1ccc(C(=O)c2ccccc2)cc1. The van der Waals surface area contributed by atoms with E-state index in [9.17, 15) is 19.2 Å². The molecule has 31 heavy (non-hydrogen) atoms. The molecule has 3 amide bonds. The lowest BCUT2D eigenvalue weighted by Gasteiger charge is -2.29. The van der Waals surface area contributed by atoms with Gasteiger partial charge in [-0.1, -0.05) is 62.2 Å². The zero-order valence-electron chi connectivity index (χ0n) is 17.4. The smallest absolute Gasteiger partial charge is 0.338 e. The van der Waals surface area contributed by atoms with Crippen molar-refractivity contribution in [1.29, 1.82) is 0 Å². The number of carbonyl (C=O) groups is 4. The summed E-state index contributed by atoms with van der Waals surface area (Å²) in [4.78, 5) is 48.5. The third-order valence-electron chi connectivity index (χ3n) is 5.43. The third kappa shape index (κ3) is 6.25. The number of imide groups is 1. The van der Waals surface area contributed by atoms with Crippen LogP contribution in [-0.2, 0) is 9.53 Å². The van der Waals surface area contributed by atoms with Crippen LogP contribution in [0.4, 0.5) is 4.79 Å². The molecule has 0 radical (unpaired) electrons. The number of rotatable bonds is 6. The first-order valence-electron chi connectivity index (χ1n) is 10.4. The van der Waals surface area contributed by atoms with E-state index in [-0.39, 0.29) is 17.4 Å². The van der Waals surface area contributed by atoms with Crippen molar-refractivity contribution in [2.45, 2.75) is 38.6 Å². The summed E-state index contributed by atoms with van der Waals surface area (Å²) in [6.07, 6.45) is 4.14. The Morgan fingerprint density at radius 3 is 2.16 bits per heavy atom. The van der Waals surface area contributed by atoms with E-state index in [0.29, 0.717) is 17.0 Å². The van der Waals surface area contributed by atoms with Crippen molar-refractivity contribution in [1.82, 2.24) is 10.6 Å². The van der Waals surface area contributed by atoms with Crippen molar-refractivity contribution < 1.29 is 23.9 Å². The van der Waals surface area contributed by atoms with Crippen LogP contribution in [-0.4, -0.2) is 36.3 Å². The molecule has 1 saturated carbocycles. The number of benzene rings is 2. The number of esters is 1. The first-order valence-corrected chi connectivity index (χ1v) is 10.4. The predicted molar refractivity (Wildman–Crippen MR) is 115 cm³/mol. The summed E-state index contributed by atoms with van der Waals surface area (Å²) >= 11 is 0. The first kappa shape index (κ1) is 22.2. The van der Waals surface area contributed by atoms with Gasteiger partial charge < -0.3 is 10.1 Å². The Hall–Kier alpha value is -3.48. The number of ketones is 1. The Balaban J connectivity index is 1.46. The fourth-order valence-corrected chi connectivity index (χ4v) is 3.63. The highest BCUT2D eigenvalue weighted by Crippen LogP contribution is 2.23. The number of ether oxygens (including phenoxy) is 1. The van der Waals surface area contributed by atoms with E-state index in [1.807, 2.05) is 6.07 Å². The van der Waals surface area contributed by atoms with E-state index >= 15 is 0 Å². The minimum absolute atomic E-state index is 0.0428. The van der Waals surface area contributed by atoms with E-state index in [0.717, 1.165) is 25.7 Å². The predicted octanol–water partition coefficient (Wildman–Crippen LogP) is 3.48. The van der Waals surface area contributed by atoms with Gasteiger partial charge in [0.05, 0.1) is 5.56 Å². The van der Waals surface area contributed by atoms with Crippen molar-refractivity contribution in [3.05, 3.63) is 71.3 Å². The van der Waals surface area contributed by atoms with E-state index in [1.165, 1.54) is 24.3 Å². The monoisotopic (exact) mass is 422 g/mol. The normalized spacial score (nSPS) is 18.0. The fourth-order valence-electron chi connectivity index (χ4n) is 3.63. The van der Waals surface area contributed by atoms with Crippen LogP contribution in [0.5, 0.6) is 0 Å². The maximum atomic E-state index is 12.4. The topological polar surface area (TPSA) is 102 Å². The molecule has 7 heteroatoms. The lowest BCUT2D eigenvalue weighted by atomic mass is 9.86. The van der Waals surface area contributed by atoms with Crippen LogP contribution in [0.25, 0.3) is 0 Å². The molecule has 0 saturated heterocycles. The summed E-state index contributed by atoms with van der Waals surface area (Å²) in [6, 6.07) is 14.3. The molecule has 2 atom stereocenters. The second-order valence-electron chi connectivity index (χ2n) is 7.74. The molecule has 162 valence electrons. The summed E-state index contributed by atoms with van der Waals surface area (Å²) in [7, 11) is 0. The summed E-state index contributed by atoms with van der Waals surface area (Å²) in [5, 5.41) is 4.99. The van der Waals surface area contributed by atoms with Crippen LogP contribution < -0.4 is 10.6 Å². The van der Waals surface area contributed by atoms with Crippen LogP contribution in [0.1, 0.15) is 58.9 Å². The van der Waals surface area contributed by atoms with Crippen molar-refractivity contribution in [3.8, 4) is 0 Å². The zero-order chi connectivity index (χ0) is 22.2. The van der Waals surface area contributed by atoms with Gasteiger partial charge in [0.15, 0.2) is 12.4 Å². The molecule has 2 aromatic carbocycles. The standard InChI is InChI=1S/C24H26N2O5/c1-16-7-5-6-10-20(16)25-24(30)26-21(27)15-31-23(29)19-13-11-18(12-14-19)22(28)17-8-3-2-4-9-17/h2-4,8-9,11-14,16,20H,5-7,10,15H2,1H3,(H2,25,26,27,30)/t16-,20-/m1/s1. The molecule has 2 N–H and O–H groups in total. The van der Waals surface area contributed by atoms with Gasteiger partial charge >= 0.3 is 12.0 Å². The molecule has 3 rings (SSSR count). The van der Waals surface area contributed by atoms with Crippen LogP contribution in [0.2, 0.25) is 0 Å². The number of amides is 3. The van der Waals surface area contributed by atoms with Gasteiger partial charge in [-0.15, -0.1) is 0 Å². The number of carbonyl (C=O) groups excluding carboxylic acids is 4. The fraction of sp³-hybridized carbons (Fsp3) is 0.333. The Labute approximate surface area is 181 Å². The van der Waals surface area contributed by atoms with Gasteiger partial charge in [0.25, 0.3) is 5.91 Å². The van der Waals surface area contributed by atoms with Gasteiger partial charge in [-0.05, 0) is 30.9 Å². The lowest BCUT2D eigenvalue weighted by Crippen LogP contribution is -2.48. The van der Waals surface area contributed by atoms with Crippen LogP contribution in [0.3, 0.4) is 0 Å². The molecule has 0 bridgehead atoms. The Bertz CT molecular complexity index is 940. The molecule has 1 aliphatic carbocycles. The van der Waals surface area contributed by atoms with E-state index in [4.69, 9.17) is 4.74 Å². The van der Waals surface area contributed by atoms with Gasteiger partial charge in [0.1, 0.15) is 0 Å². The second-order valence-corrected chi connectivity index (χ2v) is 7.74. The summed E-state index contributed by atoms with van der Waals surface area (Å²) in [5.74, 6) is -1.21. The molecule has 0 aliphatic heterocycles. The molecular weight excluding hydrogens is 396 g/mol. The largest absolute Gasteiger partial charge is 0.452 e. The highest BCUT2D eigenvalue weighted by Gasteiger charge is 2.23. The van der Waals surface area contributed by atoms with Crippen LogP contribution >= 0.6 is 0 Å². The minimum atomic E-state index is -0.713. The van der Waals surface area contributed by atoms with Gasteiger partial charge in [0, 0.05) is 17.2 Å². The van der Waals surface area contributed by atoms with Crippen LogP contribution in [0, 0.1) is 5.92 Å². The highest BCUT2D eigenvalue weighted by molar-refractivity contribution is 6.09. The maximum Gasteiger partial charge on any atom is 0.338 e. The summed E-state index contributed by atoms with van der Waals surface area (Å²) < 4.78 is 4.97. The van der Waals surface area contributed by atoms with Crippen molar-refractivity contribution >= 4 is 23.7 Å². The molecule has 0 aromatic heterocycles. The molecule has 1 aliphatic rings. The number of hydrogen-bond donors (Lipinski definition) is 2.